The lowest BCUT2D eigenvalue weighted by atomic mass is 10.2. The standard InChI is InChI=1S/C21H24N4O4/c1-14(2)25-20-16(13-24-25)10-17(12-22-20)21(28)23-11-15-5-7-18(8-6-15)29-9-3-4-19(26)27/h5-8,10,12-14H,3-4,9,11H2,1-2H3,(H,23,28)(H,26,27). The summed E-state index contributed by atoms with van der Waals surface area (Å²) in [6.07, 6.45) is 3.82. The molecule has 29 heavy (non-hydrogen) atoms. The molecule has 0 atom stereocenters. The summed E-state index contributed by atoms with van der Waals surface area (Å²) in [6, 6.07) is 9.31. The van der Waals surface area contributed by atoms with Gasteiger partial charge in [-0.25, -0.2) is 9.67 Å². The van der Waals surface area contributed by atoms with Gasteiger partial charge in [0.25, 0.3) is 5.91 Å². The number of aromatic nitrogens is 3. The number of fused-ring (bicyclic) bond motifs is 1. The van der Waals surface area contributed by atoms with E-state index in [2.05, 4.69) is 15.4 Å². The molecule has 3 aromatic rings. The number of hydrogen-bond donors (Lipinski definition) is 2. The summed E-state index contributed by atoms with van der Waals surface area (Å²) in [5.74, 6) is -0.365. The van der Waals surface area contributed by atoms with E-state index in [1.54, 1.807) is 30.6 Å². The van der Waals surface area contributed by atoms with Crippen LogP contribution >= 0.6 is 0 Å². The average Bonchev–Trinajstić information content (AvgIpc) is 3.13. The minimum absolute atomic E-state index is 0.0863. The number of pyridine rings is 1. The monoisotopic (exact) mass is 396 g/mol. The first kappa shape index (κ1) is 20.3. The maximum Gasteiger partial charge on any atom is 0.303 e. The van der Waals surface area contributed by atoms with Crippen LogP contribution in [0.15, 0.2) is 42.7 Å². The summed E-state index contributed by atoms with van der Waals surface area (Å²) in [5, 5.41) is 16.6. The molecule has 0 aliphatic heterocycles. The third-order valence-electron chi connectivity index (χ3n) is 4.36. The average molecular weight is 396 g/mol. The highest BCUT2D eigenvalue weighted by atomic mass is 16.5. The number of carbonyl (C=O) groups is 2. The van der Waals surface area contributed by atoms with Crippen LogP contribution in [0.1, 0.15) is 48.7 Å². The number of amides is 1. The molecule has 0 radical (unpaired) electrons. The lowest BCUT2D eigenvalue weighted by Crippen LogP contribution is -2.22. The fraction of sp³-hybridized carbons (Fsp3) is 0.333. The first-order valence-corrected chi connectivity index (χ1v) is 9.49. The van der Waals surface area contributed by atoms with E-state index in [-0.39, 0.29) is 18.4 Å². The molecule has 0 saturated heterocycles. The van der Waals surface area contributed by atoms with E-state index >= 15 is 0 Å². The highest BCUT2D eigenvalue weighted by molar-refractivity contribution is 5.96. The van der Waals surface area contributed by atoms with Crippen LogP contribution in [0, 0.1) is 0 Å². The Labute approximate surface area is 168 Å². The molecule has 0 spiro atoms. The third-order valence-corrected chi connectivity index (χ3v) is 4.36. The van der Waals surface area contributed by atoms with E-state index in [4.69, 9.17) is 9.84 Å². The molecular formula is C21H24N4O4. The van der Waals surface area contributed by atoms with Gasteiger partial charge in [-0.1, -0.05) is 12.1 Å². The van der Waals surface area contributed by atoms with Gasteiger partial charge in [-0.05, 0) is 44.0 Å². The van der Waals surface area contributed by atoms with Gasteiger partial charge in [-0.3, -0.25) is 9.59 Å². The molecule has 3 rings (SSSR count). The Morgan fingerprint density at radius 3 is 2.66 bits per heavy atom. The van der Waals surface area contributed by atoms with Gasteiger partial charge in [0.15, 0.2) is 5.65 Å². The van der Waals surface area contributed by atoms with Crippen LogP contribution in [0.25, 0.3) is 11.0 Å². The maximum absolute atomic E-state index is 12.4. The summed E-state index contributed by atoms with van der Waals surface area (Å²) in [7, 11) is 0. The highest BCUT2D eigenvalue weighted by Gasteiger charge is 2.11. The summed E-state index contributed by atoms with van der Waals surface area (Å²) in [5.41, 5.74) is 2.17. The predicted molar refractivity (Wildman–Crippen MR) is 108 cm³/mol. The van der Waals surface area contributed by atoms with Crippen molar-refractivity contribution in [3.63, 3.8) is 0 Å². The molecule has 0 bridgehead atoms. The van der Waals surface area contributed by atoms with E-state index in [0.717, 1.165) is 16.6 Å². The lowest BCUT2D eigenvalue weighted by molar-refractivity contribution is -0.137. The van der Waals surface area contributed by atoms with Crippen molar-refractivity contribution in [1.82, 2.24) is 20.1 Å². The van der Waals surface area contributed by atoms with E-state index in [1.807, 2.05) is 30.7 Å². The van der Waals surface area contributed by atoms with Gasteiger partial charge < -0.3 is 15.2 Å². The molecule has 8 heteroatoms. The zero-order valence-corrected chi connectivity index (χ0v) is 16.5. The molecule has 0 aliphatic carbocycles. The minimum Gasteiger partial charge on any atom is -0.494 e. The van der Waals surface area contributed by atoms with Gasteiger partial charge in [0.05, 0.1) is 18.4 Å². The number of carboxylic acids is 1. The van der Waals surface area contributed by atoms with Gasteiger partial charge in [-0.2, -0.15) is 5.10 Å². The van der Waals surface area contributed by atoms with Crippen molar-refractivity contribution in [3.05, 3.63) is 53.9 Å². The molecule has 0 unspecified atom stereocenters. The molecule has 2 aromatic heterocycles. The van der Waals surface area contributed by atoms with Gasteiger partial charge in [-0.15, -0.1) is 0 Å². The summed E-state index contributed by atoms with van der Waals surface area (Å²) in [4.78, 5) is 27.3. The summed E-state index contributed by atoms with van der Waals surface area (Å²) >= 11 is 0. The molecule has 2 N–H and O–H groups in total. The zero-order chi connectivity index (χ0) is 20.8. The number of carboxylic acid groups (broad SMARTS) is 1. The van der Waals surface area contributed by atoms with Crippen molar-refractivity contribution in [2.24, 2.45) is 0 Å². The van der Waals surface area contributed by atoms with Crippen molar-refractivity contribution in [1.29, 1.82) is 0 Å². The Morgan fingerprint density at radius 1 is 1.21 bits per heavy atom. The topological polar surface area (TPSA) is 106 Å². The van der Waals surface area contributed by atoms with Crippen LogP contribution in [-0.4, -0.2) is 38.4 Å². The quantitative estimate of drug-likeness (QED) is 0.538. The number of ether oxygens (including phenoxy) is 1. The van der Waals surface area contributed by atoms with Crippen LogP contribution in [0.4, 0.5) is 0 Å². The highest BCUT2D eigenvalue weighted by Crippen LogP contribution is 2.17. The molecule has 0 fully saturated rings. The van der Waals surface area contributed by atoms with Crippen LogP contribution in [0.2, 0.25) is 0 Å². The first-order chi connectivity index (χ1) is 13.9. The molecular weight excluding hydrogens is 372 g/mol. The van der Waals surface area contributed by atoms with E-state index in [1.165, 1.54) is 0 Å². The summed E-state index contributed by atoms with van der Waals surface area (Å²) in [6.45, 7) is 4.79. The normalized spacial score (nSPS) is 11.0. The largest absolute Gasteiger partial charge is 0.494 e. The number of carbonyl (C=O) groups excluding carboxylic acids is 1. The van der Waals surface area contributed by atoms with Crippen LogP contribution in [0.5, 0.6) is 5.75 Å². The second-order valence-electron chi connectivity index (χ2n) is 6.99. The predicted octanol–water partition coefficient (Wildman–Crippen LogP) is 3.19. The molecule has 2 heterocycles. The van der Waals surface area contributed by atoms with Gasteiger partial charge >= 0.3 is 5.97 Å². The number of rotatable bonds is 9. The maximum atomic E-state index is 12.4. The Hall–Kier alpha value is -3.42. The molecule has 8 nitrogen and oxygen atoms in total. The molecule has 0 aliphatic rings. The fourth-order valence-electron chi connectivity index (χ4n) is 2.84. The lowest BCUT2D eigenvalue weighted by Gasteiger charge is -2.09. The summed E-state index contributed by atoms with van der Waals surface area (Å²) < 4.78 is 7.32. The Balaban J connectivity index is 1.53. The van der Waals surface area contributed by atoms with Crippen molar-refractivity contribution < 1.29 is 19.4 Å². The third kappa shape index (κ3) is 5.31. The number of benzene rings is 1. The van der Waals surface area contributed by atoms with Crippen LogP contribution in [-0.2, 0) is 11.3 Å². The number of nitrogens with zero attached hydrogens (tertiary/aromatic N) is 3. The molecule has 152 valence electrons. The smallest absolute Gasteiger partial charge is 0.303 e. The Bertz CT molecular complexity index is 996. The van der Waals surface area contributed by atoms with Crippen molar-refractivity contribution in [2.75, 3.05) is 6.61 Å². The van der Waals surface area contributed by atoms with Crippen molar-refractivity contribution >= 4 is 22.9 Å². The Morgan fingerprint density at radius 2 is 1.97 bits per heavy atom. The van der Waals surface area contributed by atoms with Crippen molar-refractivity contribution in [2.45, 2.75) is 39.3 Å². The molecule has 0 saturated carbocycles. The van der Waals surface area contributed by atoms with Gasteiger partial charge in [0.1, 0.15) is 5.75 Å². The van der Waals surface area contributed by atoms with Crippen LogP contribution in [0.3, 0.4) is 0 Å². The van der Waals surface area contributed by atoms with E-state index in [9.17, 15) is 9.59 Å². The SMILES string of the molecule is CC(C)n1ncc2cc(C(=O)NCc3ccc(OCCCC(=O)O)cc3)cnc21. The zero-order valence-electron chi connectivity index (χ0n) is 16.5. The van der Waals surface area contributed by atoms with E-state index < -0.39 is 5.97 Å². The number of aliphatic carboxylic acids is 1. The van der Waals surface area contributed by atoms with Crippen LogP contribution < -0.4 is 10.1 Å². The fourth-order valence-corrected chi connectivity index (χ4v) is 2.84. The van der Waals surface area contributed by atoms with Crippen molar-refractivity contribution in [3.8, 4) is 5.75 Å². The van der Waals surface area contributed by atoms with E-state index in [0.29, 0.717) is 30.9 Å². The minimum atomic E-state index is -0.831. The second-order valence-corrected chi connectivity index (χ2v) is 6.99. The Kier molecular flexibility index (Phi) is 6.43. The second kappa shape index (κ2) is 9.18. The molecule has 1 amide bonds. The number of hydrogen-bond acceptors (Lipinski definition) is 5. The number of nitrogens with one attached hydrogen (secondary N) is 1. The molecule has 1 aromatic carbocycles. The van der Waals surface area contributed by atoms with Gasteiger partial charge in [0.2, 0.25) is 0 Å². The first-order valence-electron chi connectivity index (χ1n) is 9.49. The van der Waals surface area contributed by atoms with Gasteiger partial charge in [0, 0.05) is 30.6 Å².